The van der Waals surface area contributed by atoms with Crippen LogP contribution in [0, 0.1) is 5.92 Å². The molecule has 1 aliphatic carbocycles. The Hall–Kier alpha value is -2.04. The highest BCUT2D eigenvalue weighted by molar-refractivity contribution is 5.74. The van der Waals surface area contributed by atoms with Gasteiger partial charge in [-0.15, -0.1) is 0 Å². The quantitative estimate of drug-likeness (QED) is 0.740. The van der Waals surface area contributed by atoms with Crippen molar-refractivity contribution in [1.29, 1.82) is 0 Å². The number of carbonyl (C=O) groups is 2. The Morgan fingerprint density at radius 1 is 1.35 bits per heavy atom. The van der Waals surface area contributed by atoms with Crippen LogP contribution >= 0.6 is 0 Å². The summed E-state index contributed by atoms with van der Waals surface area (Å²) < 4.78 is 0. The molecule has 1 aromatic rings. The Morgan fingerprint density at radius 2 is 2.10 bits per heavy atom. The lowest BCUT2D eigenvalue weighted by Gasteiger charge is -2.30. The van der Waals surface area contributed by atoms with Gasteiger partial charge in [0.15, 0.2) is 0 Å². The van der Waals surface area contributed by atoms with E-state index in [-0.39, 0.29) is 18.4 Å². The summed E-state index contributed by atoms with van der Waals surface area (Å²) in [4.78, 5) is 22.1. The Kier molecular flexibility index (Phi) is 4.61. The lowest BCUT2D eigenvalue weighted by Crippen LogP contribution is -2.41. The van der Waals surface area contributed by atoms with E-state index in [0.29, 0.717) is 19.0 Å². The number of hydrogen-bond acceptors (Lipinski definition) is 2. The smallest absolute Gasteiger partial charge is 0.314 e. The Morgan fingerprint density at radius 3 is 2.80 bits per heavy atom. The van der Waals surface area contributed by atoms with E-state index in [9.17, 15) is 9.59 Å². The number of aliphatic carboxylic acids is 1. The van der Waals surface area contributed by atoms with Crippen LogP contribution in [-0.2, 0) is 11.2 Å². The summed E-state index contributed by atoms with van der Waals surface area (Å²) in [6.45, 7) is 2.80. The maximum atomic E-state index is 11.6. The summed E-state index contributed by atoms with van der Waals surface area (Å²) in [5, 5.41) is 14.2. The summed E-state index contributed by atoms with van der Waals surface area (Å²) in [5.74, 6) is -0.512. The molecule has 0 radical (unpaired) electrons. The largest absolute Gasteiger partial charge is 0.481 e. The van der Waals surface area contributed by atoms with Crippen molar-refractivity contribution in [3.8, 4) is 0 Å². The van der Waals surface area contributed by atoms with E-state index in [1.165, 1.54) is 11.1 Å². The molecular formula is C15H20N2O3. The van der Waals surface area contributed by atoms with Gasteiger partial charge in [0, 0.05) is 25.4 Å². The molecule has 20 heavy (non-hydrogen) atoms. The lowest BCUT2D eigenvalue weighted by atomic mass is 9.78. The fraction of sp³-hybridized carbons (Fsp3) is 0.467. The fourth-order valence-electron chi connectivity index (χ4n) is 2.46. The van der Waals surface area contributed by atoms with E-state index >= 15 is 0 Å². The molecule has 0 saturated carbocycles. The van der Waals surface area contributed by atoms with E-state index in [1.807, 2.05) is 12.1 Å². The van der Waals surface area contributed by atoms with Crippen LogP contribution in [-0.4, -0.2) is 30.2 Å². The number of hydrogen-bond donors (Lipinski definition) is 3. The van der Waals surface area contributed by atoms with Gasteiger partial charge >= 0.3 is 12.0 Å². The fourth-order valence-corrected chi connectivity index (χ4v) is 2.46. The molecule has 2 atom stereocenters. The van der Waals surface area contributed by atoms with E-state index < -0.39 is 5.97 Å². The third-order valence-electron chi connectivity index (χ3n) is 3.60. The molecule has 2 unspecified atom stereocenters. The first-order valence-electron chi connectivity index (χ1n) is 6.87. The van der Waals surface area contributed by atoms with Crippen LogP contribution in [0.25, 0.3) is 0 Å². The molecular weight excluding hydrogens is 256 g/mol. The Balaban J connectivity index is 1.66. The summed E-state index contributed by atoms with van der Waals surface area (Å²) in [5.41, 5.74) is 2.67. The van der Waals surface area contributed by atoms with Gasteiger partial charge in [-0.2, -0.15) is 0 Å². The molecule has 2 amide bonds. The number of nitrogens with one attached hydrogen (secondary N) is 2. The van der Waals surface area contributed by atoms with Gasteiger partial charge in [-0.3, -0.25) is 4.79 Å². The zero-order valence-corrected chi connectivity index (χ0v) is 11.6. The zero-order chi connectivity index (χ0) is 14.5. The molecule has 0 bridgehead atoms. The van der Waals surface area contributed by atoms with Crippen molar-refractivity contribution < 1.29 is 14.7 Å². The molecule has 3 N–H and O–H groups in total. The topological polar surface area (TPSA) is 78.4 Å². The number of carbonyl (C=O) groups excluding carboxylic acids is 1. The van der Waals surface area contributed by atoms with Gasteiger partial charge in [-0.05, 0) is 23.5 Å². The average molecular weight is 276 g/mol. The van der Waals surface area contributed by atoms with Gasteiger partial charge in [0.25, 0.3) is 0 Å². The Labute approximate surface area is 118 Å². The molecule has 0 spiro atoms. The van der Waals surface area contributed by atoms with Gasteiger partial charge in [0.2, 0.25) is 0 Å². The maximum absolute atomic E-state index is 11.6. The van der Waals surface area contributed by atoms with Crippen LogP contribution in [0.15, 0.2) is 24.3 Å². The van der Waals surface area contributed by atoms with Crippen LogP contribution in [0.1, 0.15) is 30.4 Å². The van der Waals surface area contributed by atoms with Gasteiger partial charge in [0.05, 0.1) is 0 Å². The number of carboxylic acids is 1. The third-order valence-corrected chi connectivity index (χ3v) is 3.60. The second-order valence-electron chi connectivity index (χ2n) is 5.39. The van der Waals surface area contributed by atoms with Crippen LogP contribution in [0.2, 0.25) is 0 Å². The van der Waals surface area contributed by atoms with E-state index in [1.54, 1.807) is 6.92 Å². The SMILES string of the molecule is CC(CNC(=O)NCC1Cc2ccccc21)CC(=O)O. The van der Waals surface area contributed by atoms with Crippen molar-refractivity contribution in [2.45, 2.75) is 25.7 Å². The predicted molar refractivity (Wildman–Crippen MR) is 75.7 cm³/mol. The molecule has 108 valence electrons. The average Bonchev–Trinajstić information content (AvgIpc) is 2.36. The second kappa shape index (κ2) is 6.41. The normalized spacial score (nSPS) is 17.6. The first-order valence-corrected chi connectivity index (χ1v) is 6.87. The number of benzene rings is 1. The van der Waals surface area contributed by atoms with Crippen molar-refractivity contribution in [3.05, 3.63) is 35.4 Å². The van der Waals surface area contributed by atoms with Crippen LogP contribution in [0.5, 0.6) is 0 Å². The van der Waals surface area contributed by atoms with E-state index in [0.717, 1.165) is 6.42 Å². The van der Waals surface area contributed by atoms with Crippen molar-refractivity contribution >= 4 is 12.0 Å². The van der Waals surface area contributed by atoms with Crippen molar-refractivity contribution in [2.24, 2.45) is 5.92 Å². The van der Waals surface area contributed by atoms with Crippen LogP contribution in [0.3, 0.4) is 0 Å². The van der Waals surface area contributed by atoms with Gasteiger partial charge in [-0.25, -0.2) is 4.79 Å². The molecule has 5 heteroatoms. The van der Waals surface area contributed by atoms with E-state index in [4.69, 9.17) is 5.11 Å². The number of urea groups is 1. The van der Waals surface area contributed by atoms with E-state index in [2.05, 4.69) is 22.8 Å². The van der Waals surface area contributed by atoms with Crippen LogP contribution in [0.4, 0.5) is 4.79 Å². The van der Waals surface area contributed by atoms with Crippen molar-refractivity contribution in [3.63, 3.8) is 0 Å². The summed E-state index contributed by atoms with van der Waals surface area (Å²) >= 11 is 0. The summed E-state index contributed by atoms with van der Waals surface area (Å²) in [6.07, 6.45) is 1.07. The second-order valence-corrected chi connectivity index (χ2v) is 5.39. The number of rotatable bonds is 6. The standard InChI is InChI=1S/C15H20N2O3/c1-10(6-14(18)19)8-16-15(20)17-9-12-7-11-4-2-3-5-13(11)12/h2-5,10,12H,6-9H2,1H3,(H,18,19)(H2,16,17,20). The number of carboxylic acid groups (broad SMARTS) is 1. The van der Waals surface area contributed by atoms with Gasteiger partial charge < -0.3 is 15.7 Å². The molecule has 5 nitrogen and oxygen atoms in total. The molecule has 1 aromatic carbocycles. The van der Waals surface area contributed by atoms with Crippen molar-refractivity contribution in [1.82, 2.24) is 10.6 Å². The first-order chi connectivity index (χ1) is 9.56. The molecule has 0 fully saturated rings. The molecule has 1 aliphatic rings. The monoisotopic (exact) mass is 276 g/mol. The minimum absolute atomic E-state index is 0.0658. The lowest BCUT2D eigenvalue weighted by molar-refractivity contribution is -0.137. The highest BCUT2D eigenvalue weighted by Crippen LogP contribution is 2.33. The molecule has 0 heterocycles. The minimum atomic E-state index is -0.842. The number of fused-ring (bicyclic) bond motifs is 1. The van der Waals surface area contributed by atoms with Crippen molar-refractivity contribution in [2.75, 3.05) is 13.1 Å². The Bertz CT molecular complexity index is 502. The highest BCUT2D eigenvalue weighted by Gasteiger charge is 2.25. The summed E-state index contributed by atoms with van der Waals surface area (Å²) in [7, 11) is 0. The third kappa shape index (κ3) is 3.73. The van der Waals surface area contributed by atoms with Crippen LogP contribution < -0.4 is 10.6 Å². The van der Waals surface area contributed by atoms with Gasteiger partial charge in [-0.1, -0.05) is 31.2 Å². The molecule has 0 saturated heterocycles. The highest BCUT2D eigenvalue weighted by atomic mass is 16.4. The minimum Gasteiger partial charge on any atom is -0.481 e. The predicted octanol–water partition coefficient (Wildman–Crippen LogP) is 1.74. The zero-order valence-electron chi connectivity index (χ0n) is 11.6. The maximum Gasteiger partial charge on any atom is 0.314 e. The number of amides is 2. The summed E-state index contributed by atoms with van der Waals surface area (Å²) in [6, 6.07) is 8.02. The molecule has 2 rings (SSSR count). The molecule has 0 aromatic heterocycles. The van der Waals surface area contributed by atoms with Gasteiger partial charge in [0.1, 0.15) is 0 Å². The first kappa shape index (κ1) is 14.4. The molecule has 0 aliphatic heterocycles.